The van der Waals surface area contributed by atoms with E-state index in [1.807, 2.05) is 18.2 Å². The van der Waals surface area contributed by atoms with Gasteiger partial charge in [0.05, 0.1) is 19.8 Å². The molecule has 2 aromatic rings. The van der Waals surface area contributed by atoms with Gasteiger partial charge in [-0.15, -0.1) is 0 Å². The first kappa shape index (κ1) is 20.2. The highest BCUT2D eigenvalue weighted by Crippen LogP contribution is 2.51. The van der Waals surface area contributed by atoms with Crippen LogP contribution in [0.4, 0.5) is 4.39 Å². The number of ether oxygens (including phenoxy) is 2. The Labute approximate surface area is 172 Å². The third kappa shape index (κ3) is 3.99. The summed E-state index contributed by atoms with van der Waals surface area (Å²) in [5.74, 6) is 1.43. The van der Waals surface area contributed by atoms with Gasteiger partial charge in [0.1, 0.15) is 17.3 Å². The quantitative estimate of drug-likeness (QED) is 0.791. The van der Waals surface area contributed by atoms with Gasteiger partial charge in [-0.1, -0.05) is 31.0 Å². The number of likely N-dealkylation sites (tertiary alicyclic amines) is 1. The summed E-state index contributed by atoms with van der Waals surface area (Å²) in [6.45, 7) is 1.41. The topological polar surface area (TPSA) is 41.9 Å². The molecule has 0 spiro atoms. The molecule has 2 aliphatic rings. The van der Waals surface area contributed by atoms with Crippen LogP contribution in [0.15, 0.2) is 42.5 Å². The van der Waals surface area contributed by atoms with E-state index >= 15 is 0 Å². The van der Waals surface area contributed by atoms with Gasteiger partial charge in [-0.05, 0) is 43.0 Å². The van der Waals surface area contributed by atoms with E-state index in [9.17, 15) is 9.50 Å². The van der Waals surface area contributed by atoms with Crippen molar-refractivity contribution < 1.29 is 19.0 Å². The molecule has 3 atom stereocenters. The molecule has 0 bridgehead atoms. The number of aliphatic hydroxyl groups is 1. The number of hydrogen-bond donors (Lipinski definition) is 1. The predicted octanol–water partition coefficient (Wildman–Crippen LogP) is 4.71. The molecule has 4 nitrogen and oxygen atoms in total. The van der Waals surface area contributed by atoms with Crippen LogP contribution in [0.5, 0.6) is 11.5 Å². The highest BCUT2D eigenvalue weighted by Gasteiger charge is 2.49. The van der Waals surface area contributed by atoms with Crippen LogP contribution in [0, 0.1) is 11.7 Å². The molecule has 29 heavy (non-hydrogen) atoms. The number of hydrogen-bond acceptors (Lipinski definition) is 4. The van der Waals surface area contributed by atoms with Crippen LogP contribution in [0.3, 0.4) is 0 Å². The summed E-state index contributed by atoms with van der Waals surface area (Å²) in [6, 6.07) is 12.7. The van der Waals surface area contributed by atoms with E-state index in [0.717, 1.165) is 61.3 Å². The van der Waals surface area contributed by atoms with Crippen molar-refractivity contribution in [2.45, 2.75) is 50.3 Å². The van der Waals surface area contributed by atoms with Gasteiger partial charge < -0.3 is 14.6 Å². The molecular formula is C24H30FNO3. The van der Waals surface area contributed by atoms with Gasteiger partial charge in [-0.3, -0.25) is 4.90 Å². The van der Waals surface area contributed by atoms with Gasteiger partial charge >= 0.3 is 0 Å². The minimum absolute atomic E-state index is 0.0122. The third-order valence-corrected chi connectivity index (χ3v) is 6.71. The molecule has 1 saturated heterocycles. The Morgan fingerprint density at radius 2 is 1.97 bits per heavy atom. The molecule has 156 valence electrons. The zero-order chi connectivity index (χ0) is 20.4. The normalized spacial score (nSPS) is 27.3. The van der Waals surface area contributed by atoms with E-state index in [1.165, 1.54) is 6.07 Å². The molecule has 2 fully saturated rings. The summed E-state index contributed by atoms with van der Waals surface area (Å²) in [7, 11) is 3.32. The van der Waals surface area contributed by atoms with Crippen LogP contribution in [-0.2, 0) is 6.54 Å². The summed E-state index contributed by atoms with van der Waals surface area (Å²) in [6.07, 6.45) is 4.78. The number of piperidine rings is 1. The predicted molar refractivity (Wildman–Crippen MR) is 111 cm³/mol. The molecule has 1 heterocycles. The molecule has 3 unspecified atom stereocenters. The van der Waals surface area contributed by atoms with Gasteiger partial charge in [0.15, 0.2) is 0 Å². The number of methoxy groups -OCH3 is 2. The van der Waals surface area contributed by atoms with Crippen molar-refractivity contribution in [1.82, 2.24) is 4.90 Å². The molecule has 5 heteroatoms. The van der Waals surface area contributed by atoms with Crippen molar-refractivity contribution in [2.75, 3.05) is 20.8 Å². The Balaban J connectivity index is 1.74. The second kappa shape index (κ2) is 8.33. The molecule has 0 aromatic heterocycles. The largest absolute Gasteiger partial charge is 0.497 e. The zero-order valence-electron chi connectivity index (χ0n) is 17.2. The number of nitrogens with zero attached hydrogens (tertiary/aromatic N) is 1. The number of rotatable bonds is 5. The summed E-state index contributed by atoms with van der Waals surface area (Å²) in [5.41, 5.74) is 1.37. The van der Waals surface area contributed by atoms with E-state index < -0.39 is 5.60 Å². The lowest BCUT2D eigenvalue weighted by molar-refractivity contribution is -0.126. The van der Waals surface area contributed by atoms with Gasteiger partial charge in [-0.2, -0.15) is 0 Å². The Hall–Kier alpha value is -2.11. The van der Waals surface area contributed by atoms with Crippen LogP contribution in [0.2, 0.25) is 0 Å². The van der Waals surface area contributed by atoms with Crippen molar-refractivity contribution in [1.29, 1.82) is 0 Å². The van der Waals surface area contributed by atoms with Crippen molar-refractivity contribution in [3.05, 3.63) is 59.4 Å². The van der Waals surface area contributed by atoms with Crippen LogP contribution < -0.4 is 9.47 Å². The van der Waals surface area contributed by atoms with Gasteiger partial charge in [0, 0.05) is 36.7 Å². The summed E-state index contributed by atoms with van der Waals surface area (Å²) in [5, 5.41) is 11.5. The first-order valence-corrected chi connectivity index (χ1v) is 10.5. The van der Waals surface area contributed by atoms with Crippen LogP contribution >= 0.6 is 0 Å². The second-order valence-corrected chi connectivity index (χ2v) is 8.36. The maximum absolute atomic E-state index is 13.8. The van der Waals surface area contributed by atoms with Crippen LogP contribution in [-0.4, -0.2) is 36.4 Å². The minimum atomic E-state index is -0.647. The monoisotopic (exact) mass is 399 g/mol. The minimum Gasteiger partial charge on any atom is -0.497 e. The summed E-state index contributed by atoms with van der Waals surface area (Å²) in [4.78, 5) is 2.38. The standard InChI is InChI=1S/C24H30FNO3/c1-28-19-9-10-20(22(15-19)29-2)23-21-8-3-4-11-24(21,27)12-13-26(23)16-17-6-5-7-18(25)14-17/h5-7,9-10,14-15,21,23,27H,3-4,8,11-13,16H2,1-2H3. The van der Waals surface area contributed by atoms with Crippen molar-refractivity contribution in [3.8, 4) is 11.5 Å². The average Bonchev–Trinajstić information content (AvgIpc) is 2.73. The number of halogens is 1. The van der Waals surface area contributed by atoms with E-state index in [1.54, 1.807) is 26.4 Å². The Bertz CT molecular complexity index is 858. The molecule has 0 amide bonds. The lowest BCUT2D eigenvalue weighted by Gasteiger charge is -2.53. The first-order valence-electron chi connectivity index (χ1n) is 10.5. The zero-order valence-corrected chi connectivity index (χ0v) is 17.2. The molecule has 0 radical (unpaired) electrons. The SMILES string of the molecule is COc1ccc(C2C3CCCCC3(O)CCN2Cc2cccc(F)c2)c(OC)c1. The molecule has 2 aromatic carbocycles. The van der Waals surface area contributed by atoms with Crippen LogP contribution in [0.25, 0.3) is 0 Å². The highest BCUT2D eigenvalue weighted by molar-refractivity contribution is 5.43. The first-order chi connectivity index (χ1) is 14.0. The van der Waals surface area contributed by atoms with Gasteiger partial charge in [0.25, 0.3) is 0 Å². The fourth-order valence-corrected chi connectivity index (χ4v) is 5.27. The maximum atomic E-state index is 13.8. The Morgan fingerprint density at radius 3 is 2.72 bits per heavy atom. The Kier molecular flexibility index (Phi) is 5.79. The fraction of sp³-hybridized carbons (Fsp3) is 0.500. The molecule has 1 aliphatic heterocycles. The van der Waals surface area contributed by atoms with Crippen molar-refractivity contribution >= 4 is 0 Å². The van der Waals surface area contributed by atoms with Gasteiger partial charge in [-0.25, -0.2) is 4.39 Å². The Morgan fingerprint density at radius 1 is 1.10 bits per heavy atom. The highest BCUT2D eigenvalue weighted by atomic mass is 19.1. The van der Waals surface area contributed by atoms with E-state index in [2.05, 4.69) is 11.0 Å². The molecule has 4 rings (SSSR count). The summed E-state index contributed by atoms with van der Waals surface area (Å²) >= 11 is 0. The smallest absolute Gasteiger partial charge is 0.127 e. The molecule has 1 N–H and O–H groups in total. The molecule has 1 saturated carbocycles. The summed E-state index contributed by atoms with van der Waals surface area (Å²) < 4.78 is 24.9. The lowest BCUT2D eigenvalue weighted by atomic mass is 9.66. The number of benzene rings is 2. The molecule has 1 aliphatic carbocycles. The lowest BCUT2D eigenvalue weighted by Crippen LogP contribution is -2.54. The third-order valence-electron chi connectivity index (χ3n) is 6.71. The fourth-order valence-electron chi connectivity index (χ4n) is 5.27. The van der Waals surface area contributed by atoms with E-state index in [-0.39, 0.29) is 17.8 Å². The number of fused-ring (bicyclic) bond motifs is 1. The maximum Gasteiger partial charge on any atom is 0.127 e. The van der Waals surface area contributed by atoms with E-state index in [0.29, 0.717) is 6.54 Å². The van der Waals surface area contributed by atoms with Crippen LogP contribution in [0.1, 0.15) is 49.3 Å². The second-order valence-electron chi connectivity index (χ2n) is 8.36. The molecular weight excluding hydrogens is 369 g/mol. The average molecular weight is 400 g/mol. The van der Waals surface area contributed by atoms with Gasteiger partial charge in [0.2, 0.25) is 0 Å². The van der Waals surface area contributed by atoms with E-state index in [4.69, 9.17) is 9.47 Å². The van der Waals surface area contributed by atoms with Crippen molar-refractivity contribution in [2.24, 2.45) is 5.92 Å². The van der Waals surface area contributed by atoms with Crippen molar-refractivity contribution in [3.63, 3.8) is 0 Å².